The molecule has 0 unspecified atom stereocenters. The van der Waals surface area contributed by atoms with Gasteiger partial charge in [0, 0.05) is 13.0 Å². The molecule has 1 heterocycles. The highest BCUT2D eigenvalue weighted by atomic mass is 16.5. The van der Waals surface area contributed by atoms with E-state index in [1.54, 1.807) is 6.92 Å². The molecule has 0 aliphatic carbocycles. The van der Waals surface area contributed by atoms with Crippen LogP contribution in [-0.2, 0) is 14.3 Å². The molecule has 5 nitrogen and oxygen atoms in total. The van der Waals surface area contributed by atoms with Crippen molar-refractivity contribution in [1.82, 2.24) is 10.2 Å². The molecule has 110 valence electrons. The van der Waals surface area contributed by atoms with Gasteiger partial charge in [-0.1, -0.05) is 0 Å². The first-order chi connectivity index (χ1) is 9.22. The van der Waals surface area contributed by atoms with Crippen molar-refractivity contribution in [3.05, 3.63) is 0 Å². The van der Waals surface area contributed by atoms with Crippen LogP contribution < -0.4 is 5.32 Å². The topological polar surface area (TPSA) is 58.6 Å². The van der Waals surface area contributed by atoms with Gasteiger partial charge in [0.25, 0.3) is 0 Å². The maximum Gasteiger partial charge on any atom is 0.306 e. The number of hydrogen-bond acceptors (Lipinski definition) is 4. The monoisotopic (exact) mass is 270 g/mol. The van der Waals surface area contributed by atoms with E-state index in [2.05, 4.69) is 10.2 Å². The second-order valence-electron chi connectivity index (χ2n) is 4.91. The van der Waals surface area contributed by atoms with E-state index in [-0.39, 0.29) is 24.7 Å². The lowest BCUT2D eigenvalue weighted by atomic mass is 10.2. The second-order valence-corrected chi connectivity index (χ2v) is 4.91. The Bertz CT molecular complexity index is 276. The Morgan fingerprint density at radius 1 is 1.16 bits per heavy atom. The van der Waals surface area contributed by atoms with Gasteiger partial charge in [-0.2, -0.15) is 0 Å². The first-order valence-electron chi connectivity index (χ1n) is 7.37. The first kappa shape index (κ1) is 16.0. The molecule has 0 radical (unpaired) electrons. The number of hydrogen-bond donors (Lipinski definition) is 1. The lowest BCUT2D eigenvalue weighted by molar-refractivity contribution is -0.144. The zero-order valence-electron chi connectivity index (χ0n) is 12.0. The molecule has 0 aromatic carbocycles. The molecule has 1 aliphatic heterocycles. The number of rotatable bonds is 9. The number of unbranched alkanes of at least 4 members (excludes halogenated alkanes) is 1. The van der Waals surface area contributed by atoms with Crippen molar-refractivity contribution in [2.75, 3.05) is 32.8 Å². The fourth-order valence-electron chi connectivity index (χ4n) is 2.23. The zero-order valence-corrected chi connectivity index (χ0v) is 12.0. The molecule has 0 aromatic rings. The molecule has 0 saturated carbocycles. The minimum atomic E-state index is -0.299. The summed E-state index contributed by atoms with van der Waals surface area (Å²) in [5.41, 5.74) is 0. The maximum atomic E-state index is 11.4. The number of ether oxygens (including phenoxy) is 1. The zero-order chi connectivity index (χ0) is 13.9. The predicted octanol–water partition coefficient (Wildman–Crippen LogP) is 1.32. The van der Waals surface area contributed by atoms with Crippen LogP contribution in [0.2, 0.25) is 0 Å². The molecule has 0 atom stereocenters. The lowest BCUT2D eigenvalue weighted by Crippen LogP contribution is -2.26. The minimum absolute atomic E-state index is 0.0609. The van der Waals surface area contributed by atoms with Crippen molar-refractivity contribution in [3.8, 4) is 0 Å². The van der Waals surface area contributed by atoms with Crippen LogP contribution in [0.15, 0.2) is 0 Å². The summed E-state index contributed by atoms with van der Waals surface area (Å²) >= 11 is 0. The smallest absolute Gasteiger partial charge is 0.306 e. The number of carbonyl (C=O) groups excluding carboxylic acids is 2. The van der Waals surface area contributed by atoms with E-state index in [4.69, 9.17) is 4.74 Å². The number of likely N-dealkylation sites (tertiary alicyclic amines) is 1. The van der Waals surface area contributed by atoms with Gasteiger partial charge >= 0.3 is 5.97 Å². The van der Waals surface area contributed by atoms with E-state index in [1.807, 2.05) is 0 Å². The lowest BCUT2D eigenvalue weighted by Gasteiger charge is -2.13. The van der Waals surface area contributed by atoms with Crippen LogP contribution in [0.1, 0.15) is 45.4 Å². The normalized spacial score (nSPS) is 15.4. The van der Waals surface area contributed by atoms with Crippen LogP contribution in [0.5, 0.6) is 0 Å². The molecule has 0 bridgehead atoms. The summed E-state index contributed by atoms with van der Waals surface area (Å²) < 4.78 is 4.77. The van der Waals surface area contributed by atoms with E-state index in [0.29, 0.717) is 13.2 Å². The van der Waals surface area contributed by atoms with Crippen LogP contribution >= 0.6 is 0 Å². The van der Waals surface area contributed by atoms with Gasteiger partial charge in [-0.05, 0) is 52.2 Å². The molecule has 1 saturated heterocycles. The van der Waals surface area contributed by atoms with Crippen molar-refractivity contribution in [3.63, 3.8) is 0 Å². The van der Waals surface area contributed by atoms with Crippen LogP contribution in [0, 0.1) is 0 Å². The third kappa shape index (κ3) is 7.82. The summed E-state index contributed by atoms with van der Waals surface area (Å²) in [6.07, 6.45) is 5.17. The summed E-state index contributed by atoms with van der Waals surface area (Å²) in [7, 11) is 0. The quantitative estimate of drug-likeness (QED) is 0.507. The number of amides is 1. The van der Waals surface area contributed by atoms with Crippen molar-refractivity contribution in [1.29, 1.82) is 0 Å². The number of esters is 1. The molecule has 1 amide bonds. The number of carbonyl (C=O) groups is 2. The van der Waals surface area contributed by atoms with Crippen molar-refractivity contribution >= 4 is 11.9 Å². The average molecular weight is 270 g/mol. The molecular weight excluding hydrogens is 244 g/mol. The highest BCUT2D eigenvalue weighted by molar-refractivity contribution is 5.81. The molecule has 5 heteroatoms. The summed E-state index contributed by atoms with van der Waals surface area (Å²) in [6.45, 7) is 6.43. The SMILES string of the molecule is CCOC(=O)CCC(=O)NCCCCN1CCCC1. The Morgan fingerprint density at radius 2 is 1.89 bits per heavy atom. The van der Waals surface area contributed by atoms with E-state index in [1.165, 1.54) is 25.9 Å². The average Bonchev–Trinajstić information content (AvgIpc) is 2.89. The predicted molar refractivity (Wildman–Crippen MR) is 73.8 cm³/mol. The number of nitrogens with zero attached hydrogens (tertiary/aromatic N) is 1. The van der Waals surface area contributed by atoms with E-state index >= 15 is 0 Å². The summed E-state index contributed by atoms with van der Waals surface area (Å²) in [5, 5.41) is 2.84. The van der Waals surface area contributed by atoms with Crippen LogP contribution in [0.25, 0.3) is 0 Å². The standard InChI is InChI=1S/C14H26N2O3/c1-2-19-14(18)8-7-13(17)15-9-3-4-10-16-11-5-6-12-16/h2-12H2,1H3,(H,15,17). The second kappa shape index (κ2) is 9.78. The van der Waals surface area contributed by atoms with E-state index in [9.17, 15) is 9.59 Å². The maximum absolute atomic E-state index is 11.4. The number of nitrogens with one attached hydrogen (secondary N) is 1. The molecule has 1 aliphatic rings. The molecule has 1 rings (SSSR count). The highest BCUT2D eigenvalue weighted by Crippen LogP contribution is 2.07. The van der Waals surface area contributed by atoms with Crippen molar-refractivity contribution in [2.45, 2.75) is 45.4 Å². The Labute approximate surface area is 115 Å². The van der Waals surface area contributed by atoms with Crippen LogP contribution in [-0.4, -0.2) is 49.6 Å². The molecule has 1 N–H and O–H groups in total. The fraction of sp³-hybridized carbons (Fsp3) is 0.857. The van der Waals surface area contributed by atoms with Crippen molar-refractivity contribution < 1.29 is 14.3 Å². The molecule has 0 spiro atoms. The molecule has 0 aromatic heterocycles. The third-order valence-corrected chi connectivity index (χ3v) is 3.28. The van der Waals surface area contributed by atoms with Gasteiger partial charge in [0.15, 0.2) is 0 Å². The third-order valence-electron chi connectivity index (χ3n) is 3.28. The van der Waals surface area contributed by atoms with Crippen LogP contribution in [0.3, 0.4) is 0 Å². The summed E-state index contributed by atoms with van der Waals surface area (Å²) in [5.74, 6) is -0.360. The Balaban J connectivity index is 1.90. The van der Waals surface area contributed by atoms with Gasteiger partial charge in [0.2, 0.25) is 5.91 Å². The largest absolute Gasteiger partial charge is 0.466 e. The van der Waals surface area contributed by atoms with Crippen molar-refractivity contribution in [2.24, 2.45) is 0 Å². The molecule has 19 heavy (non-hydrogen) atoms. The first-order valence-corrected chi connectivity index (χ1v) is 7.37. The van der Waals surface area contributed by atoms with Gasteiger partial charge in [-0.15, -0.1) is 0 Å². The molecular formula is C14H26N2O3. The summed E-state index contributed by atoms with van der Waals surface area (Å²) in [6, 6.07) is 0. The van der Waals surface area contributed by atoms with Gasteiger partial charge in [0.1, 0.15) is 0 Å². The summed E-state index contributed by atoms with van der Waals surface area (Å²) in [4.78, 5) is 25.0. The van der Waals surface area contributed by atoms with E-state index in [0.717, 1.165) is 19.4 Å². The Kier molecular flexibility index (Phi) is 8.21. The van der Waals surface area contributed by atoms with Gasteiger partial charge < -0.3 is 15.0 Å². The Morgan fingerprint density at radius 3 is 2.58 bits per heavy atom. The Hall–Kier alpha value is -1.10. The fourth-order valence-corrected chi connectivity index (χ4v) is 2.23. The highest BCUT2D eigenvalue weighted by Gasteiger charge is 2.10. The van der Waals surface area contributed by atoms with Gasteiger partial charge in [-0.3, -0.25) is 9.59 Å². The molecule has 1 fully saturated rings. The van der Waals surface area contributed by atoms with Gasteiger partial charge in [-0.25, -0.2) is 0 Å². The van der Waals surface area contributed by atoms with E-state index < -0.39 is 0 Å². The van der Waals surface area contributed by atoms with Gasteiger partial charge in [0.05, 0.1) is 13.0 Å². The minimum Gasteiger partial charge on any atom is -0.466 e. The van der Waals surface area contributed by atoms with Crippen LogP contribution in [0.4, 0.5) is 0 Å².